The number of hydrogen-bond acceptors (Lipinski definition) is 14. The monoisotopic (exact) mass is 698 g/mol. The first-order valence-electron chi connectivity index (χ1n) is 18.0. The average Bonchev–Trinajstić information content (AvgIpc) is 3.60. The van der Waals surface area contributed by atoms with Gasteiger partial charge in [-0.05, 0) is 93.0 Å². The van der Waals surface area contributed by atoms with E-state index >= 15 is 0 Å². The van der Waals surface area contributed by atoms with Crippen molar-refractivity contribution >= 4 is 5.97 Å². The fraction of sp³-hybridized carbons (Fsp3) is 0.914. The van der Waals surface area contributed by atoms with Gasteiger partial charge in [-0.2, -0.15) is 0 Å². The highest BCUT2D eigenvalue weighted by molar-refractivity contribution is 5.85. The van der Waals surface area contributed by atoms with Crippen molar-refractivity contribution in [1.82, 2.24) is 0 Å². The molecule has 7 aliphatic rings. The molecule has 19 atom stereocenters. The number of carbonyl (C=O) groups excluding carboxylic acids is 1. The highest BCUT2D eigenvalue weighted by Gasteiger charge is 2.70. The molecule has 0 aromatic rings. The molecule has 4 aliphatic carbocycles. The van der Waals surface area contributed by atoms with E-state index in [0.717, 1.165) is 31.3 Å². The minimum Gasteiger partial charge on any atom is -0.458 e. The molecule has 49 heavy (non-hydrogen) atoms. The zero-order valence-corrected chi connectivity index (χ0v) is 28.4. The molecule has 2 saturated heterocycles. The summed E-state index contributed by atoms with van der Waals surface area (Å²) in [7, 11) is 0. The van der Waals surface area contributed by atoms with Crippen LogP contribution in [0.4, 0.5) is 0 Å². The molecule has 14 heteroatoms. The van der Waals surface area contributed by atoms with Crippen LogP contribution in [0.3, 0.4) is 0 Å². The van der Waals surface area contributed by atoms with Crippen LogP contribution >= 0.6 is 0 Å². The topological polar surface area (TPSA) is 225 Å². The van der Waals surface area contributed by atoms with Gasteiger partial charge in [-0.3, -0.25) is 0 Å². The van der Waals surface area contributed by atoms with Crippen molar-refractivity contribution in [3.05, 3.63) is 11.6 Å². The quantitative estimate of drug-likeness (QED) is 0.126. The van der Waals surface area contributed by atoms with E-state index in [2.05, 4.69) is 13.8 Å². The molecule has 0 bridgehead atoms. The first kappa shape index (κ1) is 36.1. The van der Waals surface area contributed by atoms with Gasteiger partial charge < -0.3 is 64.5 Å². The Kier molecular flexibility index (Phi) is 9.57. The normalized spacial score (nSPS) is 56.0. The lowest BCUT2D eigenvalue weighted by molar-refractivity contribution is -0.360. The summed E-state index contributed by atoms with van der Waals surface area (Å²) in [5.74, 6) is -0.342. The van der Waals surface area contributed by atoms with Crippen LogP contribution < -0.4 is 0 Å². The van der Waals surface area contributed by atoms with Crippen molar-refractivity contribution in [2.75, 3.05) is 13.2 Å². The van der Waals surface area contributed by atoms with E-state index in [1.54, 1.807) is 13.0 Å². The molecule has 278 valence electrons. The first-order valence-corrected chi connectivity index (χ1v) is 18.0. The summed E-state index contributed by atoms with van der Waals surface area (Å²) in [5, 5.41) is 86.6. The van der Waals surface area contributed by atoms with Crippen LogP contribution in [0.2, 0.25) is 0 Å². The molecule has 6 fully saturated rings. The van der Waals surface area contributed by atoms with E-state index in [1.165, 1.54) is 0 Å². The Morgan fingerprint density at radius 3 is 2.29 bits per heavy atom. The van der Waals surface area contributed by atoms with Crippen molar-refractivity contribution in [3.63, 3.8) is 0 Å². The van der Waals surface area contributed by atoms with Crippen LogP contribution in [0, 0.1) is 34.5 Å². The van der Waals surface area contributed by atoms with Gasteiger partial charge >= 0.3 is 5.97 Å². The first-order chi connectivity index (χ1) is 23.1. The van der Waals surface area contributed by atoms with Crippen molar-refractivity contribution in [1.29, 1.82) is 0 Å². The van der Waals surface area contributed by atoms with E-state index in [4.69, 9.17) is 23.7 Å². The maximum atomic E-state index is 12.5. The molecule has 0 amide bonds. The second kappa shape index (κ2) is 13.0. The Morgan fingerprint density at radius 1 is 0.878 bits per heavy atom. The van der Waals surface area contributed by atoms with Gasteiger partial charge in [-0.15, -0.1) is 0 Å². The minimum atomic E-state index is -1.67. The fourth-order valence-corrected chi connectivity index (χ4v) is 11.4. The number of esters is 1. The van der Waals surface area contributed by atoms with Crippen molar-refractivity contribution < 1.29 is 69.3 Å². The molecule has 0 radical (unpaired) electrons. The summed E-state index contributed by atoms with van der Waals surface area (Å²) >= 11 is 0. The molecule has 4 saturated carbocycles. The van der Waals surface area contributed by atoms with E-state index in [9.17, 15) is 45.6 Å². The molecule has 0 unspecified atom stereocenters. The van der Waals surface area contributed by atoms with Gasteiger partial charge in [0.1, 0.15) is 49.3 Å². The van der Waals surface area contributed by atoms with Gasteiger partial charge in [0.15, 0.2) is 12.6 Å². The van der Waals surface area contributed by atoms with Crippen LogP contribution in [-0.2, 0) is 28.5 Å². The summed E-state index contributed by atoms with van der Waals surface area (Å²) in [6.07, 6.45) is -7.62. The SMILES string of the molecule is C[C@@H]1O[C@H](O[C@H]2CC[C@@]3(C)[C@H](CC[C@@H]4[C@@H]3[C@H](O)C[C@]3(C)[C@@H](C5=CC(=O)OC5)CC[C@]43O)C2)[C@H](O)[C@H](O)[C@H]1O[C@@H]1O[C@H](CO)[C@H](O)[C@@H](O)[C@@H]1O. The summed E-state index contributed by atoms with van der Waals surface area (Å²) in [5.41, 5.74) is -0.847. The third-order valence-corrected chi connectivity index (χ3v) is 14.1. The lowest BCUT2D eigenvalue weighted by atomic mass is 9.42. The summed E-state index contributed by atoms with van der Waals surface area (Å²) in [6, 6.07) is 0. The molecule has 0 spiro atoms. The molecule has 3 aliphatic heterocycles. The number of aliphatic hydroxyl groups is 8. The Labute approximate surface area is 285 Å². The third kappa shape index (κ3) is 5.64. The predicted octanol–water partition coefficient (Wildman–Crippen LogP) is -0.749. The number of hydrogen-bond donors (Lipinski definition) is 8. The van der Waals surface area contributed by atoms with Gasteiger partial charge in [-0.25, -0.2) is 4.79 Å². The van der Waals surface area contributed by atoms with Gasteiger partial charge in [0, 0.05) is 11.5 Å². The number of carbonyl (C=O) groups is 1. The zero-order valence-electron chi connectivity index (χ0n) is 28.4. The number of aliphatic hydroxyl groups excluding tert-OH is 7. The zero-order chi connectivity index (χ0) is 35.2. The maximum absolute atomic E-state index is 12.5. The van der Waals surface area contributed by atoms with E-state index in [-0.39, 0.29) is 47.8 Å². The molecule has 0 aromatic carbocycles. The Morgan fingerprint density at radius 2 is 1.59 bits per heavy atom. The van der Waals surface area contributed by atoms with E-state index in [1.807, 2.05) is 0 Å². The number of ether oxygens (including phenoxy) is 5. The molecule has 8 N–H and O–H groups in total. The standard InChI is InChI=1S/C35H54O14/c1-15-30(49-32-28(42)26(40)25(39)22(13-36)48-32)27(41)29(43)31(46-15)47-18-6-8-33(2)17(11-18)4-5-20-24(33)21(37)12-34(3)19(7-9-35(20,34)44)16-10-23(38)45-14-16/h10,15,17-22,24-32,36-37,39-44H,4-9,11-14H2,1-3H3/t15-,17+,18-,19+,20+,21+,22+,24+,25-,26+,27-,28-,29+,30-,31+,32-,33-,34+,35-/m0/s1. The van der Waals surface area contributed by atoms with Crippen LogP contribution in [0.15, 0.2) is 11.6 Å². The van der Waals surface area contributed by atoms with Crippen LogP contribution in [0.25, 0.3) is 0 Å². The van der Waals surface area contributed by atoms with Gasteiger partial charge in [0.2, 0.25) is 0 Å². The third-order valence-electron chi connectivity index (χ3n) is 14.1. The molecule has 0 aromatic heterocycles. The van der Waals surface area contributed by atoms with Crippen LogP contribution in [0.5, 0.6) is 0 Å². The van der Waals surface area contributed by atoms with Crippen LogP contribution in [-0.4, -0.2) is 139 Å². The molecule has 14 nitrogen and oxygen atoms in total. The number of fused-ring (bicyclic) bond motifs is 5. The van der Waals surface area contributed by atoms with Gasteiger partial charge in [0.25, 0.3) is 0 Å². The lowest BCUT2D eigenvalue weighted by Gasteiger charge is -2.65. The van der Waals surface area contributed by atoms with Gasteiger partial charge in [0.05, 0.1) is 30.5 Å². The summed E-state index contributed by atoms with van der Waals surface area (Å²) < 4.78 is 28.7. The molecule has 7 rings (SSSR count). The largest absolute Gasteiger partial charge is 0.458 e. The Hall–Kier alpha value is -1.27. The summed E-state index contributed by atoms with van der Waals surface area (Å²) in [6.45, 7) is 5.54. The van der Waals surface area contributed by atoms with Crippen molar-refractivity contribution in [3.8, 4) is 0 Å². The molecule has 3 heterocycles. The van der Waals surface area contributed by atoms with Crippen molar-refractivity contribution in [2.24, 2.45) is 34.5 Å². The molecular weight excluding hydrogens is 644 g/mol. The van der Waals surface area contributed by atoms with Crippen LogP contribution in [0.1, 0.15) is 72.1 Å². The minimum absolute atomic E-state index is 0.0175. The van der Waals surface area contributed by atoms with Crippen molar-refractivity contribution in [2.45, 2.75) is 151 Å². The second-order valence-corrected chi connectivity index (χ2v) is 16.5. The Balaban J connectivity index is 0.995. The smallest absolute Gasteiger partial charge is 0.331 e. The van der Waals surface area contributed by atoms with Gasteiger partial charge in [-0.1, -0.05) is 13.8 Å². The van der Waals surface area contributed by atoms with E-state index in [0.29, 0.717) is 25.7 Å². The highest BCUT2D eigenvalue weighted by Crippen LogP contribution is 2.70. The summed E-state index contributed by atoms with van der Waals surface area (Å²) in [4.78, 5) is 11.9. The lowest BCUT2D eigenvalue weighted by Crippen LogP contribution is -2.66. The highest BCUT2D eigenvalue weighted by atomic mass is 16.7. The fourth-order valence-electron chi connectivity index (χ4n) is 11.4. The van der Waals surface area contributed by atoms with E-state index < -0.39 is 85.1 Å². The number of rotatable bonds is 6. The maximum Gasteiger partial charge on any atom is 0.331 e. The predicted molar refractivity (Wildman–Crippen MR) is 167 cm³/mol. The second-order valence-electron chi connectivity index (χ2n) is 16.5. The molecular formula is C35H54O14. The average molecular weight is 699 g/mol. The number of cyclic esters (lactones) is 1. The Bertz CT molecular complexity index is 1280.